The van der Waals surface area contributed by atoms with Crippen molar-refractivity contribution in [2.75, 3.05) is 26.3 Å². The van der Waals surface area contributed by atoms with Crippen LogP contribution in [-0.2, 0) is 9.59 Å². The van der Waals surface area contributed by atoms with E-state index in [4.69, 9.17) is 5.73 Å². The number of aromatic nitrogens is 1. The topological polar surface area (TPSA) is 117 Å². The number of nitrogens with zero attached hydrogens (tertiary/aromatic N) is 2. The van der Waals surface area contributed by atoms with Crippen LogP contribution < -0.4 is 10.6 Å². The van der Waals surface area contributed by atoms with Gasteiger partial charge in [-0.2, -0.15) is 0 Å². The summed E-state index contributed by atoms with van der Waals surface area (Å²) in [5.41, 5.74) is 4.33. The van der Waals surface area contributed by atoms with E-state index < -0.39 is 29.9 Å². The van der Waals surface area contributed by atoms with Crippen molar-refractivity contribution in [2.24, 2.45) is 11.1 Å². The van der Waals surface area contributed by atoms with Crippen molar-refractivity contribution in [3.8, 4) is 0 Å². The molecule has 1 aliphatic heterocycles. The molecule has 2 aliphatic rings. The van der Waals surface area contributed by atoms with Gasteiger partial charge in [-0.25, -0.2) is 4.39 Å². The van der Waals surface area contributed by atoms with Crippen molar-refractivity contribution >= 4 is 29.1 Å². The van der Waals surface area contributed by atoms with Gasteiger partial charge < -0.3 is 20.5 Å². The molecule has 136 valence electrons. The van der Waals surface area contributed by atoms with E-state index in [9.17, 15) is 23.6 Å². The van der Waals surface area contributed by atoms with Crippen LogP contribution in [0.1, 0.15) is 28.2 Å². The van der Waals surface area contributed by atoms with E-state index in [0.717, 1.165) is 11.3 Å². The quantitative estimate of drug-likeness (QED) is 0.704. The molecule has 0 spiro atoms. The van der Waals surface area contributed by atoms with Gasteiger partial charge in [-0.05, 0) is 19.8 Å². The van der Waals surface area contributed by atoms with Crippen LogP contribution in [0.3, 0.4) is 0 Å². The predicted molar refractivity (Wildman–Crippen MR) is 87.9 cm³/mol. The Morgan fingerprint density at radius 1 is 1.36 bits per heavy atom. The van der Waals surface area contributed by atoms with Crippen molar-refractivity contribution < 1.29 is 18.8 Å². The normalized spacial score (nSPS) is 21.9. The molecule has 1 aromatic rings. The molecule has 3 N–H and O–H groups in total. The number of alkyl halides is 1. The van der Waals surface area contributed by atoms with Gasteiger partial charge in [0.2, 0.25) is 11.8 Å². The van der Waals surface area contributed by atoms with Crippen LogP contribution in [0.5, 0.6) is 0 Å². The molecule has 1 aromatic heterocycles. The first kappa shape index (κ1) is 17.6. The lowest BCUT2D eigenvalue weighted by Gasteiger charge is -2.41. The molecule has 1 atom stereocenters. The Balaban J connectivity index is 1.75. The average Bonchev–Trinajstić information content (AvgIpc) is 3.33. The SMILES string of the molecule is Cc1sc(=O)[nH]c1C(=O)N1CCN(C(=O)C2(C(N)=O)CC2)CC1CF. The molecule has 8 nitrogen and oxygen atoms in total. The van der Waals surface area contributed by atoms with Crippen LogP contribution in [0.25, 0.3) is 0 Å². The maximum absolute atomic E-state index is 13.5. The highest BCUT2D eigenvalue weighted by atomic mass is 32.1. The molecule has 0 radical (unpaired) electrons. The number of nitrogens with one attached hydrogen (secondary N) is 1. The molecule has 0 bridgehead atoms. The summed E-state index contributed by atoms with van der Waals surface area (Å²) in [5, 5.41) is 0. The van der Waals surface area contributed by atoms with Crippen LogP contribution in [0.4, 0.5) is 4.39 Å². The summed E-state index contributed by atoms with van der Waals surface area (Å²) in [6, 6.07) is -0.823. The number of hydrogen-bond acceptors (Lipinski definition) is 5. The molecule has 1 saturated carbocycles. The first-order valence-electron chi connectivity index (χ1n) is 7.96. The molecule has 3 rings (SSSR count). The van der Waals surface area contributed by atoms with Gasteiger partial charge in [0, 0.05) is 24.5 Å². The fraction of sp³-hybridized carbons (Fsp3) is 0.600. The molecule has 10 heteroatoms. The van der Waals surface area contributed by atoms with E-state index >= 15 is 0 Å². The third-order valence-electron chi connectivity index (χ3n) is 4.88. The molecule has 1 saturated heterocycles. The summed E-state index contributed by atoms with van der Waals surface area (Å²) in [5.74, 6) is -1.49. The minimum Gasteiger partial charge on any atom is -0.369 e. The third-order valence-corrected chi connectivity index (χ3v) is 5.68. The molecule has 2 heterocycles. The van der Waals surface area contributed by atoms with Gasteiger partial charge in [0.05, 0.1) is 6.04 Å². The number of halogens is 1. The van der Waals surface area contributed by atoms with Gasteiger partial charge in [-0.3, -0.25) is 19.2 Å². The maximum Gasteiger partial charge on any atom is 0.305 e. The van der Waals surface area contributed by atoms with Crippen LogP contribution in [0, 0.1) is 12.3 Å². The Labute approximate surface area is 146 Å². The van der Waals surface area contributed by atoms with Gasteiger partial charge in [0.1, 0.15) is 17.8 Å². The lowest BCUT2D eigenvalue weighted by Crippen LogP contribution is -2.59. The van der Waals surface area contributed by atoms with Gasteiger partial charge in [-0.15, -0.1) is 0 Å². The zero-order valence-electron chi connectivity index (χ0n) is 13.7. The third kappa shape index (κ3) is 2.94. The summed E-state index contributed by atoms with van der Waals surface area (Å²) in [7, 11) is 0. The second-order valence-corrected chi connectivity index (χ2v) is 7.64. The molecule has 2 fully saturated rings. The lowest BCUT2D eigenvalue weighted by molar-refractivity contribution is -0.145. The fourth-order valence-corrected chi connectivity index (χ4v) is 3.86. The largest absolute Gasteiger partial charge is 0.369 e. The Kier molecular flexibility index (Phi) is 4.40. The van der Waals surface area contributed by atoms with Crippen molar-refractivity contribution in [1.82, 2.24) is 14.8 Å². The number of hydrogen-bond donors (Lipinski definition) is 2. The number of H-pyrrole nitrogens is 1. The first-order valence-corrected chi connectivity index (χ1v) is 8.77. The molecular weight excluding hydrogens is 351 g/mol. The first-order chi connectivity index (χ1) is 11.8. The number of primary amides is 1. The maximum atomic E-state index is 13.5. The van der Waals surface area contributed by atoms with E-state index in [2.05, 4.69) is 4.98 Å². The zero-order chi connectivity index (χ0) is 18.4. The van der Waals surface area contributed by atoms with E-state index in [-0.39, 0.29) is 36.1 Å². The molecule has 25 heavy (non-hydrogen) atoms. The summed E-state index contributed by atoms with van der Waals surface area (Å²) in [6.07, 6.45) is 0.825. The van der Waals surface area contributed by atoms with Crippen LogP contribution in [-0.4, -0.2) is 64.9 Å². The van der Waals surface area contributed by atoms with Crippen molar-refractivity contribution in [3.05, 3.63) is 20.2 Å². The van der Waals surface area contributed by atoms with Crippen LogP contribution >= 0.6 is 11.3 Å². The van der Waals surface area contributed by atoms with Crippen molar-refractivity contribution in [1.29, 1.82) is 0 Å². The van der Waals surface area contributed by atoms with E-state index in [0.29, 0.717) is 17.7 Å². The van der Waals surface area contributed by atoms with Gasteiger partial charge in [0.15, 0.2) is 0 Å². The summed E-state index contributed by atoms with van der Waals surface area (Å²) in [4.78, 5) is 53.5. The summed E-state index contributed by atoms with van der Waals surface area (Å²) in [6.45, 7) is 1.15. The van der Waals surface area contributed by atoms with Gasteiger partial charge >= 0.3 is 4.87 Å². The lowest BCUT2D eigenvalue weighted by atomic mass is 10.0. The minimum absolute atomic E-state index is 0.00349. The molecule has 0 aromatic carbocycles. The Bertz CT molecular complexity index is 785. The molecule has 1 unspecified atom stereocenters. The number of amides is 3. The molecule has 1 aliphatic carbocycles. The second kappa shape index (κ2) is 6.25. The predicted octanol–water partition coefficient (Wildman–Crippen LogP) is -0.367. The number of thiazole rings is 1. The average molecular weight is 370 g/mol. The Hall–Kier alpha value is -2.23. The minimum atomic E-state index is -1.15. The smallest absolute Gasteiger partial charge is 0.305 e. The highest BCUT2D eigenvalue weighted by molar-refractivity contribution is 7.09. The molecule has 3 amide bonds. The number of piperazine rings is 1. The fourth-order valence-electron chi connectivity index (χ4n) is 3.19. The van der Waals surface area contributed by atoms with Gasteiger partial charge in [-0.1, -0.05) is 11.3 Å². The highest BCUT2D eigenvalue weighted by Crippen LogP contribution is 2.47. The zero-order valence-corrected chi connectivity index (χ0v) is 14.5. The van der Waals surface area contributed by atoms with E-state index in [1.54, 1.807) is 6.92 Å². The van der Waals surface area contributed by atoms with Crippen LogP contribution in [0.2, 0.25) is 0 Å². The summed E-state index contributed by atoms with van der Waals surface area (Å²) < 4.78 is 13.5. The van der Waals surface area contributed by atoms with Crippen LogP contribution in [0.15, 0.2) is 4.79 Å². The standard InChI is InChI=1S/C15H19FN4O4S/c1-8-10(18-14(24)25-8)11(21)20-5-4-19(7-9(20)6-16)13(23)15(2-3-15)12(17)22/h9H,2-7H2,1H3,(H2,17,22)(H,18,24). The number of aromatic amines is 1. The number of nitrogens with two attached hydrogens (primary N) is 1. The highest BCUT2D eigenvalue weighted by Gasteiger charge is 2.57. The monoisotopic (exact) mass is 370 g/mol. The second-order valence-electron chi connectivity index (χ2n) is 6.45. The number of carbonyl (C=O) groups excluding carboxylic acids is 3. The van der Waals surface area contributed by atoms with E-state index in [1.807, 2.05) is 0 Å². The van der Waals surface area contributed by atoms with Gasteiger partial charge in [0.25, 0.3) is 5.91 Å². The summed E-state index contributed by atoms with van der Waals surface area (Å²) >= 11 is 0.922. The Morgan fingerprint density at radius 3 is 2.52 bits per heavy atom. The Morgan fingerprint density at radius 2 is 2.04 bits per heavy atom. The number of rotatable bonds is 4. The number of aryl methyl sites for hydroxylation is 1. The molecular formula is C15H19FN4O4S. The van der Waals surface area contributed by atoms with E-state index in [1.165, 1.54) is 9.80 Å². The van der Waals surface area contributed by atoms with Crippen molar-refractivity contribution in [3.63, 3.8) is 0 Å². The van der Waals surface area contributed by atoms with Crippen molar-refractivity contribution in [2.45, 2.75) is 25.8 Å². The number of carbonyl (C=O) groups is 3.